The van der Waals surface area contributed by atoms with Gasteiger partial charge in [-0.3, -0.25) is 8.78 Å². The van der Waals surface area contributed by atoms with Crippen molar-refractivity contribution in [1.29, 1.82) is 0 Å². The fourth-order valence-electron chi connectivity index (χ4n) is 2.22. The number of pyridine rings is 2. The summed E-state index contributed by atoms with van der Waals surface area (Å²) in [5, 5.41) is 8.54. The summed E-state index contributed by atoms with van der Waals surface area (Å²) in [4.78, 5) is 22.0. The number of rotatable bonds is 4. The van der Waals surface area contributed by atoms with Crippen LogP contribution in [0, 0.1) is 17.7 Å². The van der Waals surface area contributed by atoms with Crippen LogP contribution in [0.5, 0.6) is 0 Å². The molecule has 0 saturated heterocycles. The Labute approximate surface area is 187 Å². The van der Waals surface area contributed by atoms with Gasteiger partial charge >= 0.3 is 5.97 Å². The summed E-state index contributed by atoms with van der Waals surface area (Å²) < 4.78 is 26.2. The average Bonchev–Trinajstić information content (AvgIpc) is 2.68. The molecule has 0 fully saturated rings. The van der Waals surface area contributed by atoms with Crippen molar-refractivity contribution in [3.8, 4) is 11.3 Å². The molecule has 0 bridgehead atoms. The standard InChI is InChI=1S/C13H11F2N2.C8H10N2O2.Ir/c1-17(2)10-4-6-13(16-8-10)11-5-3-9(14)7-12(11)15;1-10(2)6-3-4-7(8(11)12)9-5-6;/h3-4,6-8H,1-2H3;3-5H,1-2H3,(H,11,12);/q-1;;. The molecule has 0 amide bonds. The van der Waals surface area contributed by atoms with Crippen molar-refractivity contribution in [3.63, 3.8) is 0 Å². The first kappa shape index (κ1) is 25.1. The molecule has 2 heterocycles. The molecule has 161 valence electrons. The third kappa shape index (κ3) is 6.86. The summed E-state index contributed by atoms with van der Waals surface area (Å²) in [5.74, 6) is -2.30. The summed E-state index contributed by atoms with van der Waals surface area (Å²) in [7, 11) is 7.53. The van der Waals surface area contributed by atoms with Crippen molar-refractivity contribution in [2.45, 2.75) is 0 Å². The number of aromatic carboxylic acids is 1. The van der Waals surface area contributed by atoms with Gasteiger partial charge in [-0.25, -0.2) is 9.78 Å². The summed E-state index contributed by atoms with van der Waals surface area (Å²) in [6.45, 7) is 0. The summed E-state index contributed by atoms with van der Waals surface area (Å²) in [6.07, 6.45) is 3.16. The molecule has 0 unspecified atom stereocenters. The maximum Gasteiger partial charge on any atom is 0.354 e. The van der Waals surface area contributed by atoms with Crippen LogP contribution in [-0.4, -0.2) is 49.2 Å². The predicted octanol–water partition coefficient (Wildman–Crippen LogP) is 3.74. The van der Waals surface area contributed by atoms with Crippen LogP contribution >= 0.6 is 0 Å². The second-order valence-electron chi connectivity index (χ2n) is 6.44. The minimum absolute atomic E-state index is 0. The molecule has 9 heteroatoms. The van der Waals surface area contributed by atoms with E-state index in [2.05, 4.69) is 16.0 Å². The van der Waals surface area contributed by atoms with Crippen LogP contribution < -0.4 is 9.80 Å². The van der Waals surface area contributed by atoms with Gasteiger partial charge in [-0.05, 0) is 23.9 Å². The van der Waals surface area contributed by atoms with E-state index in [-0.39, 0.29) is 31.4 Å². The van der Waals surface area contributed by atoms with E-state index in [1.54, 1.807) is 18.3 Å². The SMILES string of the molecule is CN(C)c1ccc(-c2[c-]cc(F)cc2F)nc1.CN(C)c1ccc(C(=O)O)nc1.[Ir]. The van der Waals surface area contributed by atoms with Crippen molar-refractivity contribution in [1.82, 2.24) is 9.97 Å². The number of carboxylic acid groups (broad SMARTS) is 1. The molecule has 1 N–H and O–H groups in total. The zero-order valence-electron chi connectivity index (χ0n) is 16.9. The van der Waals surface area contributed by atoms with Gasteiger partial charge in [0.05, 0.1) is 17.6 Å². The summed E-state index contributed by atoms with van der Waals surface area (Å²) >= 11 is 0. The Kier molecular flexibility index (Phi) is 9.49. The van der Waals surface area contributed by atoms with E-state index >= 15 is 0 Å². The topological polar surface area (TPSA) is 69.6 Å². The first-order chi connectivity index (χ1) is 13.7. The molecule has 2 aromatic heterocycles. The van der Waals surface area contributed by atoms with E-state index in [9.17, 15) is 13.6 Å². The number of anilines is 2. The molecule has 1 aromatic carbocycles. The van der Waals surface area contributed by atoms with E-state index in [0.29, 0.717) is 5.69 Å². The number of benzene rings is 1. The predicted molar refractivity (Wildman–Crippen MR) is 108 cm³/mol. The van der Waals surface area contributed by atoms with Gasteiger partial charge in [-0.2, -0.15) is 0 Å². The van der Waals surface area contributed by atoms with Gasteiger partial charge in [0, 0.05) is 66.1 Å². The molecule has 3 aromatic rings. The number of nitrogens with zero attached hydrogens (tertiary/aromatic N) is 4. The summed E-state index contributed by atoms with van der Waals surface area (Å²) in [6, 6.07) is 11.2. The Morgan fingerprint density at radius 1 is 0.967 bits per heavy atom. The minimum atomic E-state index is -1.000. The third-order valence-corrected chi connectivity index (χ3v) is 3.86. The largest absolute Gasteiger partial charge is 0.477 e. The molecular formula is C21H21F2IrN4O2-. The average molecular weight is 592 g/mol. The van der Waals surface area contributed by atoms with Crippen molar-refractivity contribution in [2.24, 2.45) is 0 Å². The Hall–Kier alpha value is -2.90. The van der Waals surface area contributed by atoms with Gasteiger partial charge < -0.3 is 19.9 Å². The van der Waals surface area contributed by atoms with Gasteiger partial charge in [-0.1, -0.05) is 17.7 Å². The van der Waals surface area contributed by atoms with E-state index in [0.717, 1.165) is 23.5 Å². The zero-order valence-corrected chi connectivity index (χ0v) is 19.2. The van der Waals surface area contributed by atoms with E-state index < -0.39 is 17.6 Å². The van der Waals surface area contributed by atoms with Gasteiger partial charge in [-0.15, -0.1) is 12.1 Å². The molecule has 30 heavy (non-hydrogen) atoms. The Morgan fingerprint density at radius 2 is 1.53 bits per heavy atom. The van der Waals surface area contributed by atoms with Crippen LogP contribution in [0.25, 0.3) is 11.3 Å². The fourth-order valence-corrected chi connectivity index (χ4v) is 2.22. The van der Waals surface area contributed by atoms with Crippen LogP contribution in [0.1, 0.15) is 10.5 Å². The maximum atomic E-state index is 13.5. The molecule has 3 rings (SSSR count). The molecule has 0 aliphatic carbocycles. The number of aromatic nitrogens is 2. The first-order valence-electron chi connectivity index (χ1n) is 8.56. The number of hydrogen-bond donors (Lipinski definition) is 1. The van der Waals surface area contributed by atoms with Crippen LogP contribution in [0.3, 0.4) is 0 Å². The molecular weight excluding hydrogens is 570 g/mol. The number of carboxylic acids is 1. The Bertz CT molecular complexity index is 966. The Morgan fingerprint density at radius 3 is 1.93 bits per heavy atom. The van der Waals surface area contributed by atoms with Gasteiger partial charge in [0.25, 0.3) is 0 Å². The monoisotopic (exact) mass is 592 g/mol. The van der Waals surface area contributed by atoms with E-state index in [1.807, 2.05) is 44.1 Å². The molecule has 0 aliphatic rings. The van der Waals surface area contributed by atoms with Crippen LogP contribution in [0.2, 0.25) is 0 Å². The van der Waals surface area contributed by atoms with Gasteiger partial charge in [0.1, 0.15) is 5.69 Å². The van der Waals surface area contributed by atoms with Crippen LogP contribution in [-0.2, 0) is 20.1 Å². The molecule has 0 atom stereocenters. The smallest absolute Gasteiger partial charge is 0.354 e. The zero-order chi connectivity index (χ0) is 21.6. The Balaban J connectivity index is 0.000000308. The van der Waals surface area contributed by atoms with Gasteiger partial charge in [0.15, 0.2) is 0 Å². The minimum Gasteiger partial charge on any atom is -0.477 e. The van der Waals surface area contributed by atoms with Crippen molar-refractivity contribution >= 4 is 17.3 Å². The maximum absolute atomic E-state index is 13.5. The molecule has 0 saturated carbocycles. The molecule has 0 spiro atoms. The number of carbonyl (C=O) groups is 1. The van der Waals surface area contributed by atoms with Crippen LogP contribution in [0.15, 0.2) is 48.8 Å². The molecule has 6 nitrogen and oxygen atoms in total. The molecule has 0 aliphatic heterocycles. The van der Waals surface area contributed by atoms with Crippen molar-refractivity contribution in [3.05, 3.63) is 72.2 Å². The van der Waals surface area contributed by atoms with E-state index in [1.165, 1.54) is 12.3 Å². The quantitative estimate of drug-likeness (QED) is 0.467. The third-order valence-electron chi connectivity index (χ3n) is 3.86. The summed E-state index contributed by atoms with van der Waals surface area (Å²) in [5.41, 5.74) is 2.49. The fraction of sp³-hybridized carbons (Fsp3) is 0.190. The second kappa shape index (κ2) is 11.3. The second-order valence-corrected chi connectivity index (χ2v) is 6.44. The van der Waals surface area contributed by atoms with E-state index in [4.69, 9.17) is 5.11 Å². The normalized spacial score (nSPS) is 9.67. The van der Waals surface area contributed by atoms with Crippen molar-refractivity contribution in [2.75, 3.05) is 38.0 Å². The molecule has 1 radical (unpaired) electrons. The first-order valence-corrected chi connectivity index (χ1v) is 8.56. The number of hydrogen-bond acceptors (Lipinski definition) is 5. The number of halogens is 2. The van der Waals surface area contributed by atoms with Gasteiger partial charge in [0.2, 0.25) is 0 Å². The van der Waals surface area contributed by atoms with Crippen molar-refractivity contribution < 1.29 is 38.8 Å². The van der Waals surface area contributed by atoms with Crippen LogP contribution in [0.4, 0.5) is 20.2 Å².